The van der Waals surface area contributed by atoms with Gasteiger partial charge in [-0.1, -0.05) is 0 Å². The van der Waals surface area contributed by atoms with Crippen molar-refractivity contribution in [1.29, 1.82) is 0 Å². The molecule has 4 N–H and O–H groups in total. The third-order valence-corrected chi connectivity index (χ3v) is 2.05. The standard InChI is InChI=1S/C9H11F2N3O2/c1-16-9(15)5-6(13)4(2-12)3-14-7(5)8(10)11/h3,8H,2,12H2,1H3,(H2,13,14). The zero-order valence-electron chi connectivity index (χ0n) is 8.54. The second-order valence-electron chi connectivity index (χ2n) is 2.95. The van der Waals surface area contributed by atoms with E-state index < -0.39 is 23.7 Å². The van der Waals surface area contributed by atoms with Crippen molar-refractivity contribution in [3.8, 4) is 0 Å². The van der Waals surface area contributed by atoms with Crippen molar-refractivity contribution < 1.29 is 18.3 Å². The van der Waals surface area contributed by atoms with Gasteiger partial charge in [-0.15, -0.1) is 0 Å². The van der Waals surface area contributed by atoms with Crippen molar-refractivity contribution in [2.24, 2.45) is 5.73 Å². The van der Waals surface area contributed by atoms with Crippen LogP contribution in [-0.2, 0) is 11.3 Å². The number of carbonyl (C=O) groups is 1. The lowest BCUT2D eigenvalue weighted by molar-refractivity contribution is 0.0588. The summed E-state index contributed by atoms with van der Waals surface area (Å²) in [4.78, 5) is 14.8. The maximum Gasteiger partial charge on any atom is 0.342 e. The van der Waals surface area contributed by atoms with Gasteiger partial charge in [0.25, 0.3) is 6.43 Å². The van der Waals surface area contributed by atoms with E-state index in [1.807, 2.05) is 0 Å². The Morgan fingerprint density at radius 1 is 1.62 bits per heavy atom. The molecule has 1 rings (SSSR count). The molecule has 0 amide bonds. The summed E-state index contributed by atoms with van der Waals surface area (Å²) in [6.07, 6.45) is -1.77. The van der Waals surface area contributed by atoms with Crippen LogP contribution >= 0.6 is 0 Å². The van der Waals surface area contributed by atoms with Crippen molar-refractivity contribution in [2.45, 2.75) is 13.0 Å². The van der Waals surface area contributed by atoms with E-state index in [1.54, 1.807) is 0 Å². The number of nitrogen functional groups attached to an aromatic ring is 1. The van der Waals surface area contributed by atoms with Crippen LogP contribution in [0.1, 0.15) is 28.0 Å². The molecule has 0 unspecified atom stereocenters. The number of alkyl halides is 2. The van der Waals surface area contributed by atoms with Gasteiger partial charge in [0, 0.05) is 18.3 Å². The maximum atomic E-state index is 12.6. The second-order valence-corrected chi connectivity index (χ2v) is 2.95. The van der Waals surface area contributed by atoms with Crippen molar-refractivity contribution in [3.63, 3.8) is 0 Å². The molecule has 0 aliphatic carbocycles. The van der Waals surface area contributed by atoms with Crippen LogP contribution in [0.15, 0.2) is 6.20 Å². The van der Waals surface area contributed by atoms with Gasteiger partial charge < -0.3 is 16.2 Å². The largest absolute Gasteiger partial charge is 0.465 e. The van der Waals surface area contributed by atoms with Crippen molar-refractivity contribution in [3.05, 3.63) is 23.0 Å². The van der Waals surface area contributed by atoms with Crippen LogP contribution in [0, 0.1) is 0 Å². The molecule has 0 bridgehead atoms. The molecule has 0 aliphatic rings. The molecule has 0 saturated carbocycles. The molecule has 5 nitrogen and oxygen atoms in total. The number of esters is 1. The van der Waals surface area contributed by atoms with E-state index in [0.29, 0.717) is 5.56 Å². The normalized spacial score (nSPS) is 10.6. The molecule has 1 aromatic heterocycles. The van der Waals surface area contributed by atoms with Crippen LogP contribution in [0.2, 0.25) is 0 Å². The Hall–Kier alpha value is -1.76. The Kier molecular flexibility index (Phi) is 3.73. The van der Waals surface area contributed by atoms with E-state index in [0.717, 1.165) is 13.3 Å². The summed E-state index contributed by atoms with van der Waals surface area (Å²) in [5.74, 6) is -0.949. The number of ether oxygens (including phenoxy) is 1. The van der Waals surface area contributed by atoms with Crippen molar-refractivity contribution >= 4 is 11.7 Å². The highest BCUT2D eigenvalue weighted by atomic mass is 19.3. The van der Waals surface area contributed by atoms with Crippen molar-refractivity contribution in [1.82, 2.24) is 4.98 Å². The highest BCUT2D eigenvalue weighted by Crippen LogP contribution is 2.27. The average molecular weight is 231 g/mol. The number of carbonyl (C=O) groups excluding carboxylic acids is 1. The van der Waals surface area contributed by atoms with Gasteiger partial charge in [-0.25, -0.2) is 13.6 Å². The summed E-state index contributed by atoms with van der Waals surface area (Å²) in [7, 11) is 1.08. The number of anilines is 1. The highest BCUT2D eigenvalue weighted by molar-refractivity contribution is 5.97. The molecular weight excluding hydrogens is 220 g/mol. The first-order chi connectivity index (χ1) is 7.52. The molecule has 7 heteroatoms. The van der Waals surface area contributed by atoms with E-state index in [2.05, 4.69) is 9.72 Å². The van der Waals surface area contributed by atoms with Gasteiger partial charge in [0.05, 0.1) is 12.8 Å². The molecule has 1 heterocycles. The number of hydrogen-bond acceptors (Lipinski definition) is 5. The monoisotopic (exact) mass is 231 g/mol. The van der Waals surface area contributed by atoms with Crippen LogP contribution in [0.5, 0.6) is 0 Å². The SMILES string of the molecule is COC(=O)c1c(C(F)F)ncc(CN)c1N. The molecule has 16 heavy (non-hydrogen) atoms. The Balaban J connectivity index is 3.42. The highest BCUT2D eigenvalue weighted by Gasteiger charge is 2.24. The number of nitrogens with zero attached hydrogens (tertiary/aromatic N) is 1. The maximum absolute atomic E-state index is 12.6. The molecule has 0 atom stereocenters. The molecule has 0 spiro atoms. The van der Waals surface area contributed by atoms with Gasteiger partial charge in [-0.3, -0.25) is 4.98 Å². The smallest absolute Gasteiger partial charge is 0.342 e. The van der Waals surface area contributed by atoms with Crippen LogP contribution in [-0.4, -0.2) is 18.1 Å². The quantitative estimate of drug-likeness (QED) is 0.752. The third kappa shape index (κ3) is 2.08. The lowest BCUT2D eigenvalue weighted by Crippen LogP contribution is -2.15. The molecular formula is C9H11F2N3O2. The summed E-state index contributed by atoms with van der Waals surface area (Å²) >= 11 is 0. The Morgan fingerprint density at radius 3 is 2.69 bits per heavy atom. The zero-order chi connectivity index (χ0) is 12.3. The number of methoxy groups -OCH3 is 1. The van der Waals surface area contributed by atoms with Gasteiger partial charge in [-0.2, -0.15) is 0 Å². The Bertz CT molecular complexity index is 410. The van der Waals surface area contributed by atoms with E-state index in [4.69, 9.17) is 11.5 Å². The molecule has 0 saturated heterocycles. The van der Waals surface area contributed by atoms with Crippen LogP contribution < -0.4 is 11.5 Å². The van der Waals surface area contributed by atoms with Gasteiger partial charge in [0.15, 0.2) is 0 Å². The zero-order valence-corrected chi connectivity index (χ0v) is 8.54. The van der Waals surface area contributed by atoms with Gasteiger partial charge in [0.1, 0.15) is 11.3 Å². The third-order valence-electron chi connectivity index (χ3n) is 2.05. The predicted octanol–water partition coefficient (Wildman–Crippen LogP) is 0.847. The molecule has 88 valence electrons. The molecule has 0 fully saturated rings. The second kappa shape index (κ2) is 4.84. The van der Waals surface area contributed by atoms with Crippen LogP contribution in [0.25, 0.3) is 0 Å². The summed E-state index contributed by atoms with van der Waals surface area (Å²) in [6, 6.07) is 0. The predicted molar refractivity (Wildman–Crippen MR) is 52.8 cm³/mol. The van der Waals surface area contributed by atoms with Crippen LogP contribution in [0.3, 0.4) is 0 Å². The van der Waals surface area contributed by atoms with E-state index in [9.17, 15) is 13.6 Å². The molecule has 0 aliphatic heterocycles. The number of nitrogens with two attached hydrogens (primary N) is 2. The van der Waals surface area contributed by atoms with Gasteiger partial charge in [-0.05, 0) is 0 Å². The molecule has 1 aromatic rings. The van der Waals surface area contributed by atoms with Gasteiger partial charge >= 0.3 is 5.97 Å². The first kappa shape index (κ1) is 12.3. The Morgan fingerprint density at radius 2 is 2.25 bits per heavy atom. The first-order valence-corrected chi connectivity index (χ1v) is 4.36. The van der Waals surface area contributed by atoms with E-state index >= 15 is 0 Å². The van der Waals surface area contributed by atoms with E-state index in [-0.39, 0.29) is 12.2 Å². The summed E-state index contributed by atoms with van der Waals surface area (Å²) < 4.78 is 29.5. The van der Waals surface area contributed by atoms with Gasteiger partial charge in [0.2, 0.25) is 0 Å². The minimum Gasteiger partial charge on any atom is -0.465 e. The molecule has 0 radical (unpaired) electrons. The first-order valence-electron chi connectivity index (χ1n) is 4.36. The fraction of sp³-hybridized carbons (Fsp3) is 0.333. The van der Waals surface area contributed by atoms with E-state index in [1.165, 1.54) is 0 Å². The number of hydrogen-bond donors (Lipinski definition) is 2. The summed E-state index contributed by atoms with van der Waals surface area (Å²) in [6.45, 7) is 0.00630. The lowest BCUT2D eigenvalue weighted by atomic mass is 10.1. The molecule has 0 aromatic carbocycles. The number of halogens is 2. The average Bonchev–Trinajstić information content (AvgIpc) is 2.27. The minimum absolute atomic E-state index is 0.00630. The topological polar surface area (TPSA) is 91.2 Å². The number of pyridine rings is 1. The summed E-state index contributed by atoms with van der Waals surface area (Å²) in [5.41, 5.74) is 9.99. The summed E-state index contributed by atoms with van der Waals surface area (Å²) in [5, 5.41) is 0. The number of rotatable bonds is 3. The van der Waals surface area contributed by atoms with Crippen LogP contribution in [0.4, 0.5) is 14.5 Å². The van der Waals surface area contributed by atoms with Crippen molar-refractivity contribution in [2.75, 3.05) is 12.8 Å². The number of aromatic nitrogens is 1. The minimum atomic E-state index is -2.90. The fourth-order valence-electron chi connectivity index (χ4n) is 1.22. The Labute approximate surface area is 90.4 Å². The lowest BCUT2D eigenvalue weighted by Gasteiger charge is -2.11. The fourth-order valence-corrected chi connectivity index (χ4v) is 1.22.